The number of methoxy groups -OCH3 is 1. The van der Waals surface area contributed by atoms with Gasteiger partial charge < -0.3 is 10.1 Å². The number of amides is 1. The number of hydrogen-bond donors (Lipinski definition) is 1. The molecule has 0 unspecified atom stereocenters. The van der Waals surface area contributed by atoms with Gasteiger partial charge in [0.05, 0.1) is 18.5 Å². The molecular formula is C16H16N2O2. The highest BCUT2D eigenvalue weighted by molar-refractivity contribution is 6.09. The minimum Gasteiger partial charge on any atom is -0.497 e. The molecule has 0 aromatic heterocycles. The molecule has 1 amide bonds. The summed E-state index contributed by atoms with van der Waals surface area (Å²) >= 11 is 0. The Bertz CT molecular complexity index is 637. The topological polar surface area (TPSA) is 41.6 Å². The van der Waals surface area contributed by atoms with Gasteiger partial charge in [-0.05, 0) is 43.3 Å². The maximum Gasteiger partial charge on any atom is 0.253 e. The second-order valence-electron chi connectivity index (χ2n) is 4.75. The highest BCUT2D eigenvalue weighted by Gasteiger charge is 2.30. The van der Waals surface area contributed by atoms with Gasteiger partial charge in [-0.3, -0.25) is 9.69 Å². The molecule has 2 aromatic carbocycles. The number of benzene rings is 2. The Morgan fingerprint density at radius 1 is 1.10 bits per heavy atom. The van der Waals surface area contributed by atoms with Crippen LogP contribution >= 0.6 is 0 Å². The van der Waals surface area contributed by atoms with Crippen molar-refractivity contribution in [3.05, 3.63) is 48.5 Å². The maximum absolute atomic E-state index is 12.5. The minimum atomic E-state index is -0.244. The Morgan fingerprint density at radius 3 is 2.50 bits per heavy atom. The van der Waals surface area contributed by atoms with Crippen molar-refractivity contribution in [1.29, 1.82) is 0 Å². The molecule has 1 heterocycles. The van der Waals surface area contributed by atoms with Crippen molar-refractivity contribution in [3.8, 4) is 5.75 Å². The van der Waals surface area contributed by atoms with Crippen LogP contribution in [0.5, 0.6) is 5.75 Å². The van der Waals surface area contributed by atoms with E-state index in [0.29, 0.717) is 0 Å². The molecule has 1 aliphatic heterocycles. The molecule has 0 saturated carbocycles. The molecule has 20 heavy (non-hydrogen) atoms. The number of anilines is 3. The fourth-order valence-corrected chi connectivity index (χ4v) is 2.40. The van der Waals surface area contributed by atoms with Crippen molar-refractivity contribution in [1.82, 2.24) is 0 Å². The molecule has 1 aliphatic rings. The van der Waals surface area contributed by atoms with Gasteiger partial charge in [0.25, 0.3) is 5.91 Å². The molecule has 4 nitrogen and oxygen atoms in total. The first-order valence-corrected chi connectivity index (χ1v) is 6.54. The fourth-order valence-electron chi connectivity index (χ4n) is 2.40. The molecule has 0 aliphatic carbocycles. The summed E-state index contributed by atoms with van der Waals surface area (Å²) in [7, 11) is 1.63. The summed E-state index contributed by atoms with van der Waals surface area (Å²) in [6.07, 6.45) is 0. The van der Waals surface area contributed by atoms with E-state index in [9.17, 15) is 4.79 Å². The lowest BCUT2D eigenvalue weighted by molar-refractivity contribution is -0.118. The lowest BCUT2D eigenvalue weighted by atomic mass is 10.1. The van der Waals surface area contributed by atoms with E-state index >= 15 is 0 Å². The summed E-state index contributed by atoms with van der Waals surface area (Å²) in [6.45, 7) is 1.87. The van der Waals surface area contributed by atoms with Crippen LogP contribution in [0.15, 0.2) is 48.5 Å². The first-order valence-electron chi connectivity index (χ1n) is 6.54. The molecular weight excluding hydrogens is 252 g/mol. The van der Waals surface area contributed by atoms with Gasteiger partial charge in [0.15, 0.2) is 0 Å². The molecule has 0 radical (unpaired) electrons. The van der Waals surface area contributed by atoms with Crippen LogP contribution in [0.25, 0.3) is 0 Å². The third-order valence-electron chi connectivity index (χ3n) is 3.44. The van der Waals surface area contributed by atoms with Gasteiger partial charge in [-0.1, -0.05) is 12.1 Å². The molecule has 0 fully saturated rings. The van der Waals surface area contributed by atoms with Crippen LogP contribution in [0.1, 0.15) is 6.92 Å². The number of carbonyl (C=O) groups is 1. The van der Waals surface area contributed by atoms with Crippen LogP contribution < -0.4 is 15.0 Å². The lowest BCUT2D eigenvalue weighted by Crippen LogP contribution is -2.43. The van der Waals surface area contributed by atoms with Gasteiger partial charge in [-0.25, -0.2) is 0 Å². The van der Waals surface area contributed by atoms with Gasteiger partial charge in [0, 0.05) is 5.69 Å². The average Bonchev–Trinajstić information content (AvgIpc) is 2.49. The predicted octanol–water partition coefficient (Wildman–Crippen LogP) is 3.17. The average molecular weight is 268 g/mol. The molecule has 0 bridgehead atoms. The van der Waals surface area contributed by atoms with Crippen molar-refractivity contribution in [2.24, 2.45) is 0 Å². The normalized spacial score (nSPS) is 17.4. The zero-order valence-corrected chi connectivity index (χ0v) is 11.5. The first kappa shape index (κ1) is 12.5. The Labute approximate surface area is 118 Å². The van der Waals surface area contributed by atoms with Crippen molar-refractivity contribution >= 4 is 23.0 Å². The van der Waals surface area contributed by atoms with E-state index in [1.54, 1.807) is 12.0 Å². The summed E-state index contributed by atoms with van der Waals surface area (Å²) < 4.78 is 5.16. The predicted molar refractivity (Wildman–Crippen MR) is 79.7 cm³/mol. The second kappa shape index (κ2) is 4.89. The molecule has 0 spiro atoms. The number of fused-ring (bicyclic) bond motifs is 1. The highest BCUT2D eigenvalue weighted by atomic mass is 16.5. The number of nitrogens with zero attached hydrogens (tertiary/aromatic N) is 1. The SMILES string of the molecule is COc1ccc(N2C(=O)[C@H](C)Nc3ccccc32)cc1. The van der Waals surface area contributed by atoms with Crippen LogP contribution in [-0.4, -0.2) is 19.1 Å². The number of hydrogen-bond acceptors (Lipinski definition) is 3. The van der Waals surface area contributed by atoms with E-state index in [0.717, 1.165) is 22.8 Å². The summed E-state index contributed by atoms with van der Waals surface area (Å²) in [5, 5.41) is 3.22. The van der Waals surface area contributed by atoms with E-state index in [1.807, 2.05) is 55.5 Å². The van der Waals surface area contributed by atoms with Crippen LogP contribution in [0.2, 0.25) is 0 Å². The number of para-hydroxylation sites is 2. The summed E-state index contributed by atoms with van der Waals surface area (Å²) in [5.74, 6) is 0.812. The monoisotopic (exact) mass is 268 g/mol. The Balaban J connectivity index is 2.08. The molecule has 0 saturated heterocycles. The summed E-state index contributed by atoms with van der Waals surface area (Å²) in [5.41, 5.74) is 2.69. The van der Waals surface area contributed by atoms with Crippen molar-refractivity contribution in [2.75, 3.05) is 17.3 Å². The largest absolute Gasteiger partial charge is 0.497 e. The molecule has 4 heteroatoms. The molecule has 1 N–H and O–H groups in total. The summed E-state index contributed by atoms with van der Waals surface area (Å²) in [4.78, 5) is 14.2. The zero-order valence-electron chi connectivity index (χ0n) is 11.5. The van der Waals surface area contributed by atoms with Crippen LogP contribution in [-0.2, 0) is 4.79 Å². The van der Waals surface area contributed by atoms with Gasteiger partial charge in [0.1, 0.15) is 11.8 Å². The molecule has 1 atom stereocenters. The molecule has 2 aromatic rings. The minimum absolute atomic E-state index is 0.0360. The van der Waals surface area contributed by atoms with E-state index < -0.39 is 0 Å². The smallest absolute Gasteiger partial charge is 0.253 e. The van der Waals surface area contributed by atoms with Crippen molar-refractivity contribution in [2.45, 2.75) is 13.0 Å². The standard InChI is InChI=1S/C16H16N2O2/c1-11-16(19)18(12-7-9-13(20-2)10-8-12)15-6-4-3-5-14(15)17-11/h3-11,17H,1-2H3/t11-/m0/s1. The first-order chi connectivity index (χ1) is 9.70. The van der Waals surface area contributed by atoms with E-state index in [-0.39, 0.29) is 11.9 Å². The van der Waals surface area contributed by atoms with Gasteiger partial charge in [-0.2, -0.15) is 0 Å². The van der Waals surface area contributed by atoms with Crippen molar-refractivity contribution in [3.63, 3.8) is 0 Å². The quantitative estimate of drug-likeness (QED) is 0.909. The van der Waals surface area contributed by atoms with Crippen LogP contribution in [0, 0.1) is 0 Å². The number of rotatable bonds is 2. The van der Waals surface area contributed by atoms with Crippen LogP contribution in [0.3, 0.4) is 0 Å². The van der Waals surface area contributed by atoms with E-state index in [2.05, 4.69) is 5.32 Å². The zero-order chi connectivity index (χ0) is 14.1. The number of nitrogens with one attached hydrogen (secondary N) is 1. The third-order valence-corrected chi connectivity index (χ3v) is 3.44. The van der Waals surface area contributed by atoms with Gasteiger partial charge in [0.2, 0.25) is 0 Å². The van der Waals surface area contributed by atoms with E-state index in [4.69, 9.17) is 4.74 Å². The van der Waals surface area contributed by atoms with Crippen LogP contribution in [0.4, 0.5) is 17.1 Å². The fraction of sp³-hybridized carbons (Fsp3) is 0.188. The third kappa shape index (κ3) is 1.99. The molecule has 102 valence electrons. The highest BCUT2D eigenvalue weighted by Crippen LogP contribution is 2.37. The Hall–Kier alpha value is -2.49. The second-order valence-corrected chi connectivity index (χ2v) is 4.75. The lowest BCUT2D eigenvalue weighted by Gasteiger charge is -2.33. The van der Waals surface area contributed by atoms with Crippen molar-refractivity contribution < 1.29 is 9.53 Å². The maximum atomic E-state index is 12.5. The summed E-state index contributed by atoms with van der Waals surface area (Å²) in [6, 6.07) is 15.1. The number of carbonyl (C=O) groups excluding carboxylic acids is 1. The van der Waals surface area contributed by atoms with Gasteiger partial charge >= 0.3 is 0 Å². The van der Waals surface area contributed by atoms with E-state index in [1.165, 1.54) is 0 Å². The Kier molecular flexibility index (Phi) is 3.06. The Morgan fingerprint density at radius 2 is 1.80 bits per heavy atom. The number of ether oxygens (including phenoxy) is 1. The van der Waals surface area contributed by atoms with Gasteiger partial charge in [-0.15, -0.1) is 0 Å². The molecule has 3 rings (SSSR count).